The number of hydrogen-bond acceptors (Lipinski definition) is 9. The van der Waals surface area contributed by atoms with Crippen molar-refractivity contribution in [2.45, 2.75) is 13.5 Å². The molecule has 0 atom stereocenters. The first kappa shape index (κ1) is 17.1. The molecule has 0 radical (unpaired) electrons. The van der Waals surface area contributed by atoms with Gasteiger partial charge in [-0.15, -0.1) is 15.3 Å². The van der Waals surface area contributed by atoms with Gasteiger partial charge in [0.05, 0.1) is 12.7 Å². The molecule has 0 aliphatic heterocycles. The molecule has 0 unspecified atom stereocenters. The number of aromatic nitrogens is 8. The summed E-state index contributed by atoms with van der Waals surface area (Å²) in [5, 5.41) is 23.0. The number of nitrogens with zero attached hydrogens (tertiary/aromatic N) is 8. The number of hydrogen-bond donors (Lipinski definition) is 0. The van der Waals surface area contributed by atoms with Crippen molar-refractivity contribution >= 4 is 16.4 Å². The molecule has 5 aromatic rings. The molecule has 0 N–H and O–H groups in total. The highest BCUT2D eigenvalue weighted by molar-refractivity contribution is 5.96. The summed E-state index contributed by atoms with van der Waals surface area (Å²) in [6.45, 7) is 2.51. The third kappa shape index (κ3) is 3.02. The first-order chi connectivity index (χ1) is 14.2. The second-order valence-electron chi connectivity index (χ2n) is 6.20. The van der Waals surface area contributed by atoms with Gasteiger partial charge < -0.3 is 14.0 Å². The molecule has 29 heavy (non-hydrogen) atoms. The zero-order chi connectivity index (χ0) is 19.8. The van der Waals surface area contributed by atoms with Crippen LogP contribution in [0, 0.1) is 0 Å². The summed E-state index contributed by atoms with van der Waals surface area (Å²) in [7, 11) is 1.80. The molecule has 0 spiro atoms. The smallest absolute Gasteiger partial charge is 0.311 e. The number of rotatable bonds is 6. The van der Waals surface area contributed by atoms with E-state index in [2.05, 4.69) is 30.5 Å². The van der Waals surface area contributed by atoms with Gasteiger partial charge in [-0.25, -0.2) is 4.98 Å². The van der Waals surface area contributed by atoms with Gasteiger partial charge in [-0.05, 0) is 13.0 Å². The third-order valence-electron chi connectivity index (χ3n) is 4.22. The minimum atomic E-state index is 0.180. The lowest BCUT2D eigenvalue weighted by molar-refractivity contribution is 0.226. The van der Waals surface area contributed by atoms with Crippen molar-refractivity contribution in [3.05, 3.63) is 42.5 Å². The molecular weight excluding hydrogens is 376 g/mol. The Morgan fingerprint density at radius 2 is 1.93 bits per heavy atom. The van der Waals surface area contributed by atoms with E-state index in [9.17, 15) is 0 Å². The quantitative estimate of drug-likeness (QED) is 0.427. The molecule has 4 aromatic heterocycles. The van der Waals surface area contributed by atoms with E-state index in [1.807, 2.05) is 31.2 Å². The van der Waals surface area contributed by atoms with Crippen molar-refractivity contribution in [2.24, 2.45) is 7.05 Å². The molecule has 4 heterocycles. The standard InChI is InChI=1S/C18H16N8O3/c1-3-27-15-8-13(24-29-15)17-21-20-16-11-6-4-5-7-12(11)18(23-26(16)17)28-9-14-19-10-25(2)22-14/h4-8,10H,3,9H2,1-2H3. The fourth-order valence-corrected chi connectivity index (χ4v) is 2.98. The van der Waals surface area contributed by atoms with Crippen molar-refractivity contribution in [2.75, 3.05) is 6.61 Å². The van der Waals surface area contributed by atoms with E-state index in [0.29, 0.717) is 41.4 Å². The largest absolute Gasteiger partial charge is 0.468 e. The molecule has 0 fully saturated rings. The van der Waals surface area contributed by atoms with E-state index < -0.39 is 0 Å². The van der Waals surface area contributed by atoms with E-state index in [-0.39, 0.29) is 6.61 Å². The lowest BCUT2D eigenvalue weighted by Crippen LogP contribution is -2.04. The maximum Gasteiger partial charge on any atom is 0.311 e. The zero-order valence-corrected chi connectivity index (χ0v) is 15.7. The van der Waals surface area contributed by atoms with E-state index in [4.69, 9.17) is 14.0 Å². The summed E-state index contributed by atoms with van der Waals surface area (Å²) in [5.41, 5.74) is 1.04. The average Bonchev–Trinajstić information content (AvgIpc) is 3.46. The van der Waals surface area contributed by atoms with Crippen LogP contribution in [0.2, 0.25) is 0 Å². The maximum atomic E-state index is 5.94. The minimum absolute atomic E-state index is 0.180. The van der Waals surface area contributed by atoms with Crippen molar-refractivity contribution in [1.29, 1.82) is 0 Å². The van der Waals surface area contributed by atoms with Gasteiger partial charge in [0.2, 0.25) is 11.7 Å². The highest BCUT2D eigenvalue weighted by Crippen LogP contribution is 2.29. The van der Waals surface area contributed by atoms with E-state index >= 15 is 0 Å². The molecule has 0 amide bonds. The van der Waals surface area contributed by atoms with Gasteiger partial charge in [0.15, 0.2) is 23.8 Å². The monoisotopic (exact) mass is 392 g/mol. The van der Waals surface area contributed by atoms with Crippen LogP contribution >= 0.6 is 0 Å². The van der Waals surface area contributed by atoms with Gasteiger partial charge in [0.25, 0.3) is 0 Å². The summed E-state index contributed by atoms with van der Waals surface area (Å²) in [4.78, 5) is 4.18. The van der Waals surface area contributed by atoms with Crippen LogP contribution in [0.15, 0.2) is 41.2 Å². The number of aryl methyl sites for hydroxylation is 1. The minimum Gasteiger partial charge on any atom is -0.468 e. The fraction of sp³-hybridized carbons (Fsp3) is 0.222. The van der Waals surface area contributed by atoms with Crippen molar-refractivity contribution in [3.63, 3.8) is 0 Å². The second-order valence-corrected chi connectivity index (χ2v) is 6.20. The van der Waals surface area contributed by atoms with Gasteiger partial charge in [-0.1, -0.05) is 23.4 Å². The van der Waals surface area contributed by atoms with Crippen LogP contribution in [-0.2, 0) is 13.7 Å². The SMILES string of the molecule is CCOc1cc(-c2nnc3c4ccccc4c(OCc4ncn(C)n4)nn23)no1. The van der Waals surface area contributed by atoms with E-state index in [0.717, 1.165) is 10.8 Å². The normalized spacial score (nSPS) is 11.4. The van der Waals surface area contributed by atoms with E-state index in [1.165, 1.54) is 0 Å². The Morgan fingerprint density at radius 3 is 2.72 bits per heavy atom. The second kappa shape index (κ2) is 6.86. The molecule has 1 aromatic carbocycles. The summed E-state index contributed by atoms with van der Waals surface area (Å²) in [6, 6.07) is 9.33. The summed E-state index contributed by atoms with van der Waals surface area (Å²) in [5.74, 6) is 1.69. The van der Waals surface area contributed by atoms with Gasteiger partial charge in [0, 0.05) is 17.8 Å². The highest BCUT2D eigenvalue weighted by atomic mass is 16.6. The Hall–Kier alpha value is -4.02. The Bertz CT molecular complexity index is 1310. The molecule has 146 valence electrons. The van der Waals surface area contributed by atoms with Crippen molar-refractivity contribution < 1.29 is 14.0 Å². The van der Waals surface area contributed by atoms with Crippen LogP contribution < -0.4 is 9.47 Å². The van der Waals surface area contributed by atoms with Crippen LogP contribution in [0.3, 0.4) is 0 Å². The van der Waals surface area contributed by atoms with Crippen LogP contribution in [0.4, 0.5) is 0 Å². The predicted molar refractivity (Wildman–Crippen MR) is 100 cm³/mol. The van der Waals surface area contributed by atoms with Crippen LogP contribution in [0.25, 0.3) is 27.9 Å². The Kier molecular flexibility index (Phi) is 4.04. The van der Waals surface area contributed by atoms with Crippen LogP contribution in [0.5, 0.6) is 11.8 Å². The van der Waals surface area contributed by atoms with Gasteiger partial charge >= 0.3 is 5.95 Å². The molecule has 0 aliphatic rings. The summed E-state index contributed by atoms with van der Waals surface area (Å²) >= 11 is 0. The van der Waals surface area contributed by atoms with Crippen LogP contribution in [0.1, 0.15) is 12.7 Å². The first-order valence-corrected chi connectivity index (χ1v) is 8.94. The molecular formula is C18H16N8O3. The van der Waals surface area contributed by atoms with Gasteiger partial charge in [0.1, 0.15) is 6.33 Å². The number of ether oxygens (including phenoxy) is 2. The summed E-state index contributed by atoms with van der Waals surface area (Å²) in [6.07, 6.45) is 1.62. The maximum absolute atomic E-state index is 5.94. The molecule has 11 nitrogen and oxygen atoms in total. The van der Waals surface area contributed by atoms with Crippen LogP contribution in [-0.4, -0.2) is 46.3 Å². The molecule has 0 saturated heterocycles. The molecule has 0 bridgehead atoms. The molecule has 0 saturated carbocycles. The van der Waals surface area contributed by atoms with Crippen molar-refractivity contribution in [1.82, 2.24) is 39.7 Å². The molecule has 0 aliphatic carbocycles. The molecule has 11 heteroatoms. The van der Waals surface area contributed by atoms with Gasteiger partial charge in [-0.2, -0.15) is 9.61 Å². The number of benzene rings is 1. The Morgan fingerprint density at radius 1 is 1.07 bits per heavy atom. The summed E-state index contributed by atoms with van der Waals surface area (Å²) < 4.78 is 19.6. The first-order valence-electron chi connectivity index (χ1n) is 8.94. The van der Waals surface area contributed by atoms with E-state index in [1.54, 1.807) is 28.6 Å². The van der Waals surface area contributed by atoms with Crippen molar-refractivity contribution in [3.8, 4) is 23.3 Å². The average molecular weight is 392 g/mol. The number of fused-ring (bicyclic) bond motifs is 3. The lowest BCUT2D eigenvalue weighted by Gasteiger charge is -2.08. The zero-order valence-electron chi connectivity index (χ0n) is 15.7. The predicted octanol–water partition coefficient (Wildman–Crippen LogP) is 2.04. The topological polar surface area (TPSA) is 118 Å². The molecule has 5 rings (SSSR count). The Balaban J connectivity index is 1.61. The fourth-order valence-electron chi connectivity index (χ4n) is 2.98. The highest BCUT2D eigenvalue weighted by Gasteiger charge is 2.19. The lowest BCUT2D eigenvalue weighted by atomic mass is 10.2. The van der Waals surface area contributed by atoms with Gasteiger partial charge in [-0.3, -0.25) is 4.68 Å². The Labute approximate surface area is 163 Å². The third-order valence-corrected chi connectivity index (χ3v) is 4.22.